The van der Waals surface area contributed by atoms with Crippen LogP contribution in [0.2, 0.25) is 0 Å². The van der Waals surface area contributed by atoms with Crippen molar-refractivity contribution in [2.75, 3.05) is 6.54 Å². The molecule has 0 aliphatic carbocycles. The van der Waals surface area contributed by atoms with E-state index in [0.29, 0.717) is 12.1 Å². The average Bonchev–Trinajstić information content (AvgIpc) is 2.60. The van der Waals surface area contributed by atoms with E-state index in [-0.39, 0.29) is 12.3 Å². The number of non-ortho nitro benzene ring substituents is 1. The summed E-state index contributed by atoms with van der Waals surface area (Å²) < 4.78 is 59.0. The molecule has 0 N–H and O–H groups in total. The van der Waals surface area contributed by atoms with Crippen LogP contribution in [0.25, 0.3) is 0 Å². The Bertz CT molecular complexity index is 844. The first-order valence-electron chi connectivity index (χ1n) is 7.60. The van der Waals surface area contributed by atoms with E-state index in [9.17, 15) is 32.5 Å². The summed E-state index contributed by atoms with van der Waals surface area (Å²) in [6.07, 6.45) is -3.84. The van der Waals surface area contributed by atoms with Crippen LogP contribution in [0.1, 0.15) is 23.7 Å². The quantitative estimate of drug-likeness (QED) is 0.319. The second kappa shape index (κ2) is 7.98. The first kappa shape index (κ1) is 20.1. The van der Waals surface area contributed by atoms with Gasteiger partial charge in [-0.25, -0.2) is 14.3 Å². The number of hydrogen-bond acceptors (Lipinski definition) is 5. The van der Waals surface area contributed by atoms with Gasteiger partial charge in [-0.3, -0.25) is 14.9 Å². The number of benzene rings is 1. The molecule has 0 aliphatic rings. The minimum absolute atomic E-state index is 0.0565. The molecule has 0 radical (unpaired) electrons. The van der Waals surface area contributed by atoms with Crippen LogP contribution < -0.4 is 4.74 Å². The Morgan fingerprint density at radius 2 is 2.04 bits per heavy atom. The third kappa shape index (κ3) is 4.68. The van der Waals surface area contributed by atoms with Crippen LogP contribution in [-0.4, -0.2) is 33.6 Å². The molecule has 1 heterocycles. The predicted octanol–water partition coefficient (Wildman–Crippen LogP) is 4.29. The highest BCUT2D eigenvalue weighted by Gasteiger charge is 2.42. The van der Waals surface area contributed by atoms with Crippen LogP contribution in [0.4, 0.5) is 23.2 Å². The molecule has 0 atom stereocenters. The van der Waals surface area contributed by atoms with Crippen molar-refractivity contribution < 1.29 is 32.0 Å². The number of carbonyl (C=O) groups excluding carboxylic acids is 1. The second-order valence-corrected chi connectivity index (χ2v) is 5.26. The van der Waals surface area contributed by atoms with Crippen molar-refractivity contribution in [3.63, 3.8) is 0 Å². The number of ether oxygens (including phenoxy) is 1. The zero-order valence-corrected chi connectivity index (χ0v) is 13.9. The first-order valence-corrected chi connectivity index (χ1v) is 7.60. The number of carbonyl (C=O) groups is 1. The van der Waals surface area contributed by atoms with Crippen LogP contribution in [0.5, 0.6) is 11.6 Å². The Kier molecular flexibility index (Phi) is 5.93. The number of alkyl halides is 3. The number of nitro groups is 1. The third-order valence-electron chi connectivity index (χ3n) is 3.32. The van der Waals surface area contributed by atoms with E-state index in [2.05, 4.69) is 4.98 Å². The number of nitrogens with zero attached hydrogens (tertiary/aromatic N) is 3. The Hall–Kier alpha value is -3.24. The fraction of sp³-hybridized carbons (Fsp3) is 0.250. The molecule has 2 aromatic rings. The SMILES string of the molecule is CCCN(C(=O)c1cc([N+](=O)[O-])cc(Oc2ccccn2)c1F)C(F)(F)F. The van der Waals surface area contributed by atoms with E-state index in [1.54, 1.807) is 0 Å². The summed E-state index contributed by atoms with van der Waals surface area (Å²) in [6.45, 7) is 0.659. The Labute approximate surface area is 150 Å². The van der Waals surface area contributed by atoms with Crippen molar-refractivity contribution in [2.24, 2.45) is 0 Å². The van der Waals surface area contributed by atoms with Gasteiger partial charge in [0.1, 0.15) is 0 Å². The summed E-state index contributed by atoms with van der Waals surface area (Å²) in [5.74, 6) is -4.15. The summed E-state index contributed by atoms with van der Waals surface area (Å²) in [7, 11) is 0. The summed E-state index contributed by atoms with van der Waals surface area (Å²) in [5.41, 5.74) is -1.93. The molecule has 27 heavy (non-hydrogen) atoms. The number of rotatable bonds is 6. The smallest absolute Gasteiger partial charge is 0.436 e. The fourth-order valence-corrected chi connectivity index (χ4v) is 2.15. The van der Waals surface area contributed by atoms with Gasteiger partial charge in [-0.2, -0.15) is 0 Å². The number of halogens is 4. The molecular formula is C16H13F4N3O4. The zero-order valence-electron chi connectivity index (χ0n) is 13.9. The molecular weight excluding hydrogens is 374 g/mol. The van der Waals surface area contributed by atoms with Crippen molar-refractivity contribution in [1.82, 2.24) is 9.88 Å². The van der Waals surface area contributed by atoms with Gasteiger partial charge in [0.2, 0.25) is 5.88 Å². The van der Waals surface area contributed by atoms with Crippen molar-refractivity contribution in [2.45, 2.75) is 19.6 Å². The average molecular weight is 387 g/mol. The predicted molar refractivity (Wildman–Crippen MR) is 84.7 cm³/mol. The zero-order chi connectivity index (χ0) is 20.2. The standard InChI is InChI=1S/C16H13F4N3O4/c1-2-7-22(16(18,19)20)15(24)11-8-10(23(25)26)9-12(14(11)17)27-13-5-3-4-6-21-13/h3-6,8-9H,2,7H2,1H3. The molecule has 0 unspecified atom stereocenters. The van der Waals surface area contributed by atoms with Gasteiger partial charge in [0.05, 0.1) is 16.6 Å². The van der Waals surface area contributed by atoms with Gasteiger partial charge < -0.3 is 4.74 Å². The number of amides is 1. The van der Waals surface area contributed by atoms with Gasteiger partial charge in [-0.1, -0.05) is 13.0 Å². The van der Waals surface area contributed by atoms with E-state index in [0.717, 1.165) is 0 Å². The number of pyridine rings is 1. The summed E-state index contributed by atoms with van der Waals surface area (Å²) in [4.78, 5) is 25.5. The van der Waals surface area contributed by atoms with Crippen LogP contribution in [0.3, 0.4) is 0 Å². The van der Waals surface area contributed by atoms with Crippen molar-refractivity contribution in [3.8, 4) is 11.6 Å². The largest absolute Gasteiger partial charge is 0.487 e. The van der Waals surface area contributed by atoms with E-state index < -0.39 is 51.4 Å². The number of nitro benzene ring substituents is 1. The topological polar surface area (TPSA) is 85.6 Å². The highest BCUT2D eigenvalue weighted by molar-refractivity contribution is 5.96. The molecule has 11 heteroatoms. The molecule has 2 rings (SSSR count). The lowest BCUT2D eigenvalue weighted by Crippen LogP contribution is -2.43. The van der Waals surface area contributed by atoms with Crippen molar-refractivity contribution in [1.29, 1.82) is 0 Å². The molecule has 0 saturated carbocycles. The van der Waals surface area contributed by atoms with Crippen LogP contribution in [0.15, 0.2) is 36.5 Å². The van der Waals surface area contributed by atoms with Crippen molar-refractivity contribution in [3.05, 3.63) is 58.0 Å². The number of hydrogen-bond donors (Lipinski definition) is 0. The van der Waals surface area contributed by atoms with Gasteiger partial charge in [-0.15, -0.1) is 13.2 Å². The van der Waals surface area contributed by atoms with E-state index in [1.165, 1.54) is 31.3 Å². The van der Waals surface area contributed by atoms with E-state index in [1.807, 2.05) is 0 Å². The summed E-state index contributed by atoms with van der Waals surface area (Å²) in [5, 5.41) is 11.0. The maximum Gasteiger partial charge on any atom is 0.487 e. The molecule has 144 valence electrons. The summed E-state index contributed by atoms with van der Waals surface area (Å²) in [6, 6.07) is 5.42. The Morgan fingerprint density at radius 3 is 2.56 bits per heavy atom. The molecule has 1 aromatic carbocycles. The maximum atomic E-state index is 14.7. The molecule has 0 spiro atoms. The molecule has 7 nitrogen and oxygen atoms in total. The van der Waals surface area contributed by atoms with Crippen LogP contribution in [0, 0.1) is 15.9 Å². The molecule has 0 aliphatic heterocycles. The lowest BCUT2D eigenvalue weighted by molar-refractivity contribution is -0.385. The van der Waals surface area contributed by atoms with Crippen molar-refractivity contribution >= 4 is 11.6 Å². The van der Waals surface area contributed by atoms with Gasteiger partial charge in [-0.05, 0) is 12.5 Å². The van der Waals surface area contributed by atoms with Gasteiger partial charge >= 0.3 is 6.30 Å². The lowest BCUT2D eigenvalue weighted by Gasteiger charge is -2.24. The van der Waals surface area contributed by atoms with Crippen LogP contribution >= 0.6 is 0 Å². The van der Waals surface area contributed by atoms with Gasteiger partial charge in [0.25, 0.3) is 11.6 Å². The monoisotopic (exact) mass is 387 g/mol. The minimum atomic E-state index is -5.08. The van der Waals surface area contributed by atoms with Gasteiger partial charge in [0, 0.05) is 24.9 Å². The normalized spacial score (nSPS) is 11.1. The van der Waals surface area contributed by atoms with E-state index in [4.69, 9.17) is 4.74 Å². The minimum Gasteiger partial charge on any atom is -0.436 e. The summed E-state index contributed by atoms with van der Waals surface area (Å²) >= 11 is 0. The third-order valence-corrected chi connectivity index (χ3v) is 3.32. The maximum absolute atomic E-state index is 14.7. The lowest BCUT2D eigenvalue weighted by atomic mass is 10.1. The molecule has 1 aromatic heterocycles. The Morgan fingerprint density at radius 1 is 1.33 bits per heavy atom. The van der Waals surface area contributed by atoms with Gasteiger partial charge in [0.15, 0.2) is 11.6 Å². The molecule has 1 amide bonds. The Balaban J connectivity index is 2.54. The molecule has 0 bridgehead atoms. The number of aromatic nitrogens is 1. The second-order valence-electron chi connectivity index (χ2n) is 5.26. The first-order chi connectivity index (χ1) is 12.6. The highest BCUT2D eigenvalue weighted by atomic mass is 19.4. The fourth-order valence-electron chi connectivity index (χ4n) is 2.15. The highest BCUT2D eigenvalue weighted by Crippen LogP contribution is 2.33. The van der Waals surface area contributed by atoms with Crippen LogP contribution in [-0.2, 0) is 0 Å². The molecule has 0 fully saturated rings. The van der Waals surface area contributed by atoms with E-state index >= 15 is 0 Å². The molecule has 0 saturated heterocycles.